The lowest BCUT2D eigenvalue weighted by Crippen LogP contribution is -2.36. The Morgan fingerprint density at radius 2 is 1.80 bits per heavy atom. The molecule has 1 saturated carbocycles. The summed E-state index contributed by atoms with van der Waals surface area (Å²) in [4.78, 5) is 11.8. The molecule has 0 radical (unpaired) electrons. The topological polar surface area (TPSA) is 51.2 Å². The lowest BCUT2D eigenvalue weighted by molar-refractivity contribution is -0.120. The highest BCUT2D eigenvalue weighted by Crippen LogP contribution is 2.32. The smallest absolute Gasteiger partial charge is 0.160 e. The van der Waals surface area contributed by atoms with Gasteiger partial charge < -0.3 is 0 Å². The number of ketones is 1. The van der Waals surface area contributed by atoms with Crippen molar-refractivity contribution in [3.63, 3.8) is 0 Å². The van der Waals surface area contributed by atoms with Gasteiger partial charge in [0.25, 0.3) is 0 Å². The molecule has 86 valence electrons. The Bertz CT molecular complexity index is 341. The van der Waals surface area contributed by atoms with Crippen LogP contribution in [0.25, 0.3) is 0 Å². The highest BCUT2D eigenvalue weighted by atomic mass is 32.2. The second kappa shape index (κ2) is 4.24. The van der Waals surface area contributed by atoms with Crippen molar-refractivity contribution in [3.05, 3.63) is 0 Å². The van der Waals surface area contributed by atoms with Crippen LogP contribution in [0.3, 0.4) is 0 Å². The molecule has 0 N–H and O–H groups in total. The van der Waals surface area contributed by atoms with Gasteiger partial charge in [0.05, 0.1) is 5.75 Å². The monoisotopic (exact) mass is 230 g/mol. The summed E-state index contributed by atoms with van der Waals surface area (Å²) < 4.78 is 23.4. The molecule has 2 aliphatic rings. The van der Waals surface area contributed by atoms with Gasteiger partial charge in [0, 0.05) is 6.42 Å². The van der Waals surface area contributed by atoms with E-state index < -0.39 is 15.1 Å². The maximum Gasteiger partial charge on any atom is 0.160 e. The number of rotatable bonds is 3. The normalized spacial score (nSPS) is 30.8. The van der Waals surface area contributed by atoms with Gasteiger partial charge in [-0.05, 0) is 18.8 Å². The van der Waals surface area contributed by atoms with Crippen molar-refractivity contribution in [1.29, 1.82) is 0 Å². The first-order valence-corrected chi connectivity index (χ1v) is 7.55. The number of carbonyl (C=O) groups excluding carboxylic acids is 1. The van der Waals surface area contributed by atoms with Crippen molar-refractivity contribution in [1.82, 2.24) is 0 Å². The lowest BCUT2D eigenvalue weighted by atomic mass is 9.81. The quantitative estimate of drug-likeness (QED) is 0.741. The Balaban J connectivity index is 1.98. The van der Waals surface area contributed by atoms with Gasteiger partial charge in [-0.15, -0.1) is 0 Å². The van der Waals surface area contributed by atoms with Crippen LogP contribution in [-0.2, 0) is 14.6 Å². The SMILES string of the molecule is O=C(CC1CCC1)C1CCCCS1(=O)=O. The molecular formula is C11H18O3S. The molecule has 0 amide bonds. The van der Waals surface area contributed by atoms with Crippen molar-refractivity contribution in [3.8, 4) is 0 Å². The molecule has 2 fully saturated rings. The average molecular weight is 230 g/mol. The molecule has 0 aromatic carbocycles. The largest absolute Gasteiger partial charge is 0.298 e. The van der Waals surface area contributed by atoms with Crippen molar-refractivity contribution in [2.75, 3.05) is 5.75 Å². The second-order valence-corrected chi connectivity index (χ2v) is 7.12. The third kappa shape index (κ3) is 2.41. The molecule has 15 heavy (non-hydrogen) atoms. The molecule has 3 nitrogen and oxygen atoms in total. The molecule has 4 heteroatoms. The Morgan fingerprint density at radius 3 is 2.33 bits per heavy atom. The molecule has 1 unspecified atom stereocenters. The third-order valence-corrected chi connectivity index (χ3v) is 5.88. The zero-order valence-corrected chi connectivity index (χ0v) is 9.76. The van der Waals surface area contributed by atoms with Crippen LogP contribution in [0, 0.1) is 5.92 Å². The van der Waals surface area contributed by atoms with E-state index in [4.69, 9.17) is 0 Å². The number of sulfone groups is 1. The van der Waals surface area contributed by atoms with Gasteiger partial charge in [0.1, 0.15) is 5.25 Å². The minimum Gasteiger partial charge on any atom is -0.298 e. The predicted molar refractivity (Wildman–Crippen MR) is 58.4 cm³/mol. The molecule has 0 spiro atoms. The van der Waals surface area contributed by atoms with E-state index >= 15 is 0 Å². The van der Waals surface area contributed by atoms with E-state index in [1.165, 1.54) is 6.42 Å². The van der Waals surface area contributed by atoms with E-state index in [1.54, 1.807) is 0 Å². The van der Waals surface area contributed by atoms with Crippen LogP contribution in [0.2, 0.25) is 0 Å². The maximum atomic E-state index is 11.8. The molecule has 1 saturated heterocycles. The van der Waals surface area contributed by atoms with Gasteiger partial charge >= 0.3 is 0 Å². The number of hydrogen-bond acceptors (Lipinski definition) is 3. The van der Waals surface area contributed by atoms with Crippen LogP contribution in [0.15, 0.2) is 0 Å². The molecule has 1 aliphatic heterocycles. The van der Waals surface area contributed by atoms with Crippen LogP contribution in [0.1, 0.15) is 44.9 Å². The van der Waals surface area contributed by atoms with Crippen LogP contribution >= 0.6 is 0 Å². The molecule has 0 bridgehead atoms. The summed E-state index contributed by atoms with van der Waals surface area (Å²) in [6.07, 6.45) is 6.11. The minimum absolute atomic E-state index is 0.0144. The molecule has 2 rings (SSSR count). The van der Waals surface area contributed by atoms with Gasteiger partial charge in [0.15, 0.2) is 15.6 Å². The summed E-state index contributed by atoms with van der Waals surface area (Å²) in [5.41, 5.74) is 0. The standard InChI is InChI=1S/C11H18O3S/c12-10(8-9-4-3-5-9)11-6-1-2-7-15(11,13)14/h9,11H,1-8H2. The Kier molecular flexibility index (Phi) is 3.14. The molecule has 1 heterocycles. The summed E-state index contributed by atoms with van der Waals surface area (Å²) in [6.45, 7) is 0. The third-order valence-electron chi connectivity index (χ3n) is 3.65. The van der Waals surface area contributed by atoms with E-state index in [0.29, 0.717) is 18.8 Å². The molecule has 1 aliphatic carbocycles. The zero-order valence-electron chi connectivity index (χ0n) is 8.94. The highest BCUT2D eigenvalue weighted by molar-refractivity contribution is 7.92. The fourth-order valence-electron chi connectivity index (χ4n) is 2.43. The predicted octanol–water partition coefficient (Wildman–Crippen LogP) is 1.71. The van der Waals surface area contributed by atoms with E-state index in [2.05, 4.69) is 0 Å². The summed E-state index contributed by atoms with van der Waals surface area (Å²) in [5.74, 6) is 0.683. The summed E-state index contributed by atoms with van der Waals surface area (Å²) in [7, 11) is -3.10. The van der Waals surface area contributed by atoms with E-state index in [9.17, 15) is 13.2 Å². The first kappa shape index (κ1) is 11.1. The van der Waals surface area contributed by atoms with Gasteiger partial charge in [-0.25, -0.2) is 8.42 Å². The maximum absolute atomic E-state index is 11.8. The van der Waals surface area contributed by atoms with E-state index in [1.807, 2.05) is 0 Å². The Hall–Kier alpha value is -0.380. The van der Waals surface area contributed by atoms with Gasteiger partial charge in [0.2, 0.25) is 0 Å². The number of carbonyl (C=O) groups is 1. The summed E-state index contributed by atoms with van der Waals surface area (Å²) in [6, 6.07) is 0. The van der Waals surface area contributed by atoms with Gasteiger partial charge in [-0.1, -0.05) is 25.7 Å². The molecule has 1 atom stereocenters. The molecular weight excluding hydrogens is 212 g/mol. The van der Waals surface area contributed by atoms with E-state index in [-0.39, 0.29) is 11.5 Å². The lowest BCUT2D eigenvalue weighted by Gasteiger charge is -2.27. The molecule has 0 aromatic heterocycles. The van der Waals surface area contributed by atoms with E-state index in [0.717, 1.165) is 25.7 Å². The summed E-state index contributed by atoms with van der Waals surface area (Å²) in [5, 5.41) is -0.660. The second-order valence-electron chi connectivity index (χ2n) is 4.82. The number of hydrogen-bond donors (Lipinski definition) is 0. The van der Waals surface area contributed by atoms with Crippen LogP contribution in [-0.4, -0.2) is 25.2 Å². The fraction of sp³-hybridized carbons (Fsp3) is 0.909. The first-order valence-electron chi connectivity index (χ1n) is 5.84. The Labute approximate surface area is 91.2 Å². The summed E-state index contributed by atoms with van der Waals surface area (Å²) >= 11 is 0. The fourth-order valence-corrected chi connectivity index (χ4v) is 4.34. The van der Waals surface area contributed by atoms with Gasteiger partial charge in [-0.2, -0.15) is 0 Å². The highest BCUT2D eigenvalue weighted by Gasteiger charge is 2.36. The van der Waals surface area contributed by atoms with Crippen LogP contribution < -0.4 is 0 Å². The average Bonchev–Trinajstić information content (AvgIpc) is 2.10. The van der Waals surface area contributed by atoms with Gasteiger partial charge in [-0.3, -0.25) is 4.79 Å². The molecule has 0 aromatic rings. The first-order chi connectivity index (χ1) is 7.09. The van der Waals surface area contributed by atoms with Crippen molar-refractivity contribution < 1.29 is 13.2 Å². The Morgan fingerprint density at radius 1 is 1.07 bits per heavy atom. The zero-order chi connectivity index (χ0) is 10.9. The van der Waals surface area contributed by atoms with Crippen molar-refractivity contribution >= 4 is 15.6 Å². The van der Waals surface area contributed by atoms with Crippen LogP contribution in [0.4, 0.5) is 0 Å². The van der Waals surface area contributed by atoms with Crippen molar-refractivity contribution in [2.24, 2.45) is 5.92 Å². The van der Waals surface area contributed by atoms with Crippen molar-refractivity contribution in [2.45, 2.75) is 50.2 Å². The number of Topliss-reactive ketones (excluding diaryl/α,β-unsaturated/α-hetero) is 1. The minimum atomic E-state index is -3.10. The van der Waals surface area contributed by atoms with Crippen LogP contribution in [0.5, 0.6) is 0 Å².